The molecular formula is C46H75N9O14. The number of nitrogens with one attached hydrogen (secondary N) is 8. The smallest absolute Gasteiger partial charge is 0.326 e. The summed E-state index contributed by atoms with van der Waals surface area (Å²) >= 11 is 0. The molecule has 388 valence electrons. The molecule has 0 fully saturated rings. The molecule has 14 N–H and O–H groups in total. The van der Waals surface area contributed by atoms with E-state index in [0.29, 0.717) is 12.0 Å². The molecule has 0 heterocycles. The van der Waals surface area contributed by atoms with Crippen LogP contribution in [0.15, 0.2) is 24.3 Å². The lowest BCUT2D eigenvalue weighted by Crippen LogP contribution is -2.62. The van der Waals surface area contributed by atoms with Crippen LogP contribution in [0.2, 0.25) is 0 Å². The Morgan fingerprint density at radius 2 is 1.03 bits per heavy atom. The van der Waals surface area contributed by atoms with Gasteiger partial charge in [0.1, 0.15) is 48.0 Å². The van der Waals surface area contributed by atoms with E-state index >= 15 is 0 Å². The number of carboxylic acid groups (broad SMARTS) is 2. The molecule has 0 unspecified atom stereocenters. The van der Waals surface area contributed by atoms with Crippen molar-refractivity contribution >= 4 is 59.2 Å². The van der Waals surface area contributed by atoms with Gasteiger partial charge in [0.2, 0.25) is 47.3 Å². The van der Waals surface area contributed by atoms with Crippen molar-refractivity contribution in [2.75, 3.05) is 13.2 Å². The van der Waals surface area contributed by atoms with Gasteiger partial charge >= 0.3 is 11.9 Å². The molecule has 8 amide bonds. The Labute approximate surface area is 403 Å². The standard InChI is InChI=1S/C46H75N9O14/c1-11-26(10)38(45(67)53-35(23(4)5)43(65)51-32(21-56)42(64)54-37(25(8)9)46(68)69)55-44(66)36(24(6)7)52-41(63)30(16-17-34(59)60)49-33(58)20-48-40(62)31(18-22(2)3)50-39(61)29(47)19-27-12-14-28(57)15-13-27/h12-15,22-26,29-32,35-38,56-57H,11,16-21,47H2,1-10H3,(H,48,62)(H,49,58)(H,50,61)(H,51,65)(H,52,63)(H,53,67)(H,54,64)(H,55,66)(H,59,60)(H,68,69)/t26-,29-,30-,31-,32-,35-,36-,37-,38-/m0/s1. The second kappa shape index (κ2) is 29.5. The topological polar surface area (TPSA) is 374 Å². The molecule has 69 heavy (non-hydrogen) atoms. The van der Waals surface area contributed by atoms with E-state index in [4.69, 9.17) is 5.73 Å². The Hall–Kier alpha value is -6.36. The molecule has 0 aliphatic carbocycles. The minimum atomic E-state index is -1.57. The van der Waals surface area contributed by atoms with Crippen molar-refractivity contribution in [3.8, 4) is 5.75 Å². The molecule has 1 aromatic rings. The Balaban J connectivity index is 3.18. The SMILES string of the molecule is CC[C@H](C)[C@H](NC(=O)[C@@H](NC(=O)[C@H](CCC(=O)O)NC(=O)CNC(=O)[C@H](CC(C)C)NC(=O)[C@@H](N)Cc1ccc(O)cc1)C(C)C)C(=O)N[C@H](C(=O)N[C@@H](CO)C(=O)N[C@H](C(=O)O)C(C)C)C(C)C. The maximum atomic E-state index is 13.9. The molecule has 0 aliphatic rings. The van der Waals surface area contributed by atoms with Crippen molar-refractivity contribution in [1.82, 2.24) is 42.5 Å². The van der Waals surface area contributed by atoms with Crippen LogP contribution in [0.3, 0.4) is 0 Å². The Morgan fingerprint density at radius 1 is 0.565 bits per heavy atom. The second-order valence-electron chi connectivity index (χ2n) is 18.6. The van der Waals surface area contributed by atoms with Crippen LogP contribution in [0.1, 0.15) is 100 Å². The van der Waals surface area contributed by atoms with E-state index in [1.54, 1.807) is 67.5 Å². The monoisotopic (exact) mass is 978 g/mol. The molecule has 23 nitrogen and oxygen atoms in total. The number of rotatable bonds is 30. The third kappa shape index (κ3) is 21.2. The first-order valence-corrected chi connectivity index (χ1v) is 23.1. The highest BCUT2D eigenvalue weighted by Gasteiger charge is 2.37. The van der Waals surface area contributed by atoms with Crippen LogP contribution < -0.4 is 48.3 Å². The van der Waals surface area contributed by atoms with Gasteiger partial charge in [-0.15, -0.1) is 0 Å². The normalized spacial score (nSPS) is 15.2. The number of amides is 8. The summed E-state index contributed by atoms with van der Waals surface area (Å²) in [5.74, 6) is -11.7. The van der Waals surface area contributed by atoms with Crippen molar-refractivity contribution in [3.63, 3.8) is 0 Å². The molecule has 0 aliphatic heterocycles. The van der Waals surface area contributed by atoms with E-state index in [0.717, 1.165) is 0 Å². The Kier molecular flexibility index (Phi) is 25.9. The molecule has 1 aromatic carbocycles. The molecule has 0 aromatic heterocycles. The molecule has 0 radical (unpaired) electrons. The van der Waals surface area contributed by atoms with E-state index in [1.807, 2.05) is 13.8 Å². The number of phenols is 1. The third-order valence-electron chi connectivity index (χ3n) is 11.1. The van der Waals surface area contributed by atoms with E-state index in [-0.39, 0.29) is 24.5 Å². The van der Waals surface area contributed by atoms with E-state index in [1.165, 1.54) is 12.1 Å². The number of aliphatic carboxylic acids is 2. The molecular weight excluding hydrogens is 903 g/mol. The summed E-state index contributed by atoms with van der Waals surface area (Å²) in [6.07, 6.45) is -0.385. The van der Waals surface area contributed by atoms with Gasteiger partial charge in [0.25, 0.3) is 0 Å². The lowest BCUT2D eigenvalue weighted by molar-refractivity contribution is -0.144. The molecule has 1 rings (SSSR count). The van der Waals surface area contributed by atoms with Gasteiger partial charge in [-0.25, -0.2) is 4.79 Å². The number of nitrogens with two attached hydrogens (primary N) is 1. The molecule has 9 atom stereocenters. The second-order valence-corrected chi connectivity index (χ2v) is 18.6. The number of carboxylic acids is 2. The number of hydrogen-bond acceptors (Lipinski definition) is 13. The maximum absolute atomic E-state index is 13.9. The lowest BCUT2D eigenvalue weighted by atomic mass is 9.95. The average Bonchev–Trinajstić information content (AvgIpc) is 3.26. The summed E-state index contributed by atoms with van der Waals surface area (Å²) in [7, 11) is 0. The van der Waals surface area contributed by atoms with Gasteiger partial charge in [0.15, 0.2) is 0 Å². The van der Waals surface area contributed by atoms with Crippen LogP contribution in [-0.2, 0) is 54.4 Å². The highest BCUT2D eigenvalue weighted by Crippen LogP contribution is 2.15. The van der Waals surface area contributed by atoms with Gasteiger partial charge in [-0.1, -0.05) is 87.8 Å². The number of phenolic OH excluding ortho intramolecular Hbond substituents is 1. The van der Waals surface area contributed by atoms with Crippen molar-refractivity contribution in [2.24, 2.45) is 35.3 Å². The van der Waals surface area contributed by atoms with Crippen LogP contribution in [0.25, 0.3) is 0 Å². The highest BCUT2D eigenvalue weighted by atomic mass is 16.4. The van der Waals surface area contributed by atoms with E-state index in [9.17, 15) is 68.4 Å². The molecule has 0 spiro atoms. The summed E-state index contributed by atoms with van der Waals surface area (Å²) in [5.41, 5.74) is 6.76. The number of hydrogen-bond donors (Lipinski definition) is 13. The van der Waals surface area contributed by atoms with Gasteiger partial charge < -0.3 is 68.7 Å². The van der Waals surface area contributed by atoms with Crippen LogP contribution in [0.4, 0.5) is 0 Å². The number of aromatic hydroxyl groups is 1. The lowest BCUT2D eigenvalue weighted by Gasteiger charge is -2.31. The predicted molar refractivity (Wildman–Crippen MR) is 251 cm³/mol. The van der Waals surface area contributed by atoms with E-state index in [2.05, 4.69) is 42.5 Å². The fraction of sp³-hybridized carbons (Fsp3) is 0.652. The zero-order valence-electron chi connectivity index (χ0n) is 41.2. The zero-order chi connectivity index (χ0) is 52.9. The minimum Gasteiger partial charge on any atom is -0.508 e. The highest BCUT2D eigenvalue weighted by molar-refractivity contribution is 5.98. The zero-order valence-corrected chi connectivity index (χ0v) is 41.2. The number of carbonyl (C=O) groups is 10. The number of benzene rings is 1. The van der Waals surface area contributed by atoms with Crippen molar-refractivity contribution in [3.05, 3.63) is 29.8 Å². The molecule has 0 saturated carbocycles. The van der Waals surface area contributed by atoms with Gasteiger partial charge in [-0.2, -0.15) is 0 Å². The fourth-order valence-corrected chi connectivity index (χ4v) is 6.77. The summed E-state index contributed by atoms with van der Waals surface area (Å²) in [4.78, 5) is 131. The molecule has 0 saturated heterocycles. The number of carbonyl (C=O) groups excluding carboxylic acids is 8. The summed E-state index contributed by atoms with van der Waals surface area (Å²) < 4.78 is 0. The van der Waals surface area contributed by atoms with Crippen LogP contribution in [0.5, 0.6) is 5.75 Å². The Morgan fingerprint density at radius 3 is 1.51 bits per heavy atom. The average molecular weight is 978 g/mol. The minimum absolute atomic E-state index is 0.0354. The third-order valence-corrected chi connectivity index (χ3v) is 11.1. The molecule has 23 heteroatoms. The maximum Gasteiger partial charge on any atom is 0.326 e. The number of aliphatic hydroxyl groups is 1. The first kappa shape index (κ1) is 60.7. The molecule has 0 bridgehead atoms. The first-order chi connectivity index (χ1) is 32.1. The predicted octanol–water partition coefficient (Wildman–Crippen LogP) is -1.23. The summed E-state index contributed by atoms with van der Waals surface area (Å²) in [6.45, 7) is 14.9. The first-order valence-electron chi connectivity index (χ1n) is 23.1. The van der Waals surface area contributed by atoms with Crippen LogP contribution in [-0.4, -0.2) is 141 Å². The van der Waals surface area contributed by atoms with Gasteiger partial charge in [-0.3, -0.25) is 43.2 Å². The largest absolute Gasteiger partial charge is 0.508 e. The van der Waals surface area contributed by atoms with Gasteiger partial charge in [0, 0.05) is 6.42 Å². The summed E-state index contributed by atoms with van der Waals surface area (Å²) in [5, 5.41) is 58.2. The Bertz CT molecular complexity index is 1930. The quantitative estimate of drug-likeness (QED) is 0.0430. The van der Waals surface area contributed by atoms with Crippen LogP contribution >= 0.6 is 0 Å². The van der Waals surface area contributed by atoms with Crippen molar-refractivity contribution in [1.29, 1.82) is 0 Å². The van der Waals surface area contributed by atoms with Crippen LogP contribution in [0, 0.1) is 29.6 Å². The van der Waals surface area contributed by atoms with Crippen molar-refractivity contribution < 1.29 is 68.4 Å². The summed E-state index contributed by atoms with van der Waals surface area (Å²) in [6, 6.07) is -4.45. The van der Waals surface area contributed by atoms with Gasteiger partial charge in [0.05, 0.1) is 19.2 Å². The fourth-order valence-electron chi connectivity index (χ4n) is 6.77. The van der Waals surface area contributed by atoms with E-state index < -0.39 is 157 Å². The van der Waals surface area contributed by atoms with Crippen molar-refractivity contribution in [2.45, 2.75) is 150 Å². The number of aliphatic hydroxyl groups excluding tert-OH is 1. The van der Waals surface area contributed by atoms with Gasteiger partial charge in [-0.05, 0) is 66.5 Å².